The number of para-hydroxylation sites is 1. The van der Waals surface area contributed by atoms with Gasteiger partial charge in [-0.2, -0.15) is 0 Å². The van der Waals surface area contributed by atoms with Crippen LogP contribution in [-0.2, 0) is 9.53 Å². The molecule has 0 radical (unpaired) electrons. The summed E-state index contributed by atoms with van der Waals surface area (Å²) in [4.78, 5) is 25.0. The van der Waals surface area contributed by atoms with E-state index >= 15 is 0 Å². The van der Waals surface area contributed by atoms with Crippen molar-refractivity contribution in [3.63, 3.8) is 0 Å². The molecule has 2 fully saturated rings. The van der Waals surface area contributed by atoms with Gasteiger partial charge in [0.25, 0.3) is 0 Å². The molecule has 1 amide bonds. The van der Waals surface area contributed by atoms with Gasteiger partial charge in [-0.3, -0.25) is 10.1 Å². The molecule has 0 bridgehead atoms. The molecule has 1 atom stereocenters. The largest absolute Gasteiger partial charge is 0.492 e. The highest BCUT2D eigenvalue weighted by Gasteiger charge is 2.60. The quantitative estimate of drug-likeness (QED) is 0.459. The van der Waals surface area contributed by atoms with Gasteiger partial charge in [0.2, 0.25) is 5.91 Å². The zero-order valence-electron chi connectivity index (χ0n) is 18.9. The van der Waals surface area contributed by atoms with Gasteiger partial charge in [-0.1, -0.05) is 36.8 Å². The zero-order chi connectivity index (χ0) is 22.6. The minimum absolute atomic E-state index is 0.0410. The number of esters is 1. The molecule has 1 spiro atoms. The summed E-state index contributed by atoms with van der Waals surface area (Å²) in [5.41, 5.74) is 1.25. The van der Waals surface area contributed by atoms with E-state index in [0.717, 1.165) is 24.2 Å². The lowest BCUT2D eigenvalue weighted by Gasteiger charge is -2.60. The van der Waals surface area contributed by atoms with E-state index in [-0.39, 0.29) is 17.9 Å². The third kappa shape index (κ3) is 4.65. The van der Waals surface area contributed by atoms with Crippen molar-refractivity contribution in [2.24, 2.45) is 5.41 Å². The van der Waals surface area contributed by atoms with E-state index in [1.54, 1.807) is 12.1 Å². The Balaban J connectivity index is 1.35. The molecular weight excluding hydrogens is 404 g/mol. The SMILES string of the molecule is COC(=O)c1ccc(C(C)NC(=O)C2(NCCOc3ccccc3)CC3(CCC3)C2)cc1. The van der Waals surface area contributed by atoms with Gasteiger partial charge in [-0.25, -0.2) is 4.79 Å². The van der Waals surface area contributed by atoms with Gasteiger partial charge in [0, 0.05) is 6.54 Å². The van der Waals surface area contributed by atoms with Crippen molar-refractivity contribution in [3.8, 4) is 5.75 Å². The number of rotatable bonds is 9. The van der Waals surface area contributed by atoms with Crippen molar-refractivity contribution >= 4 is 11.9 Å². The first kappa shape index (κ1) is 22.3. The first-order chi connectivity index (χ1) is 15.5. The Morgan fingerprint density at radius 3 is 2.31 bits per heavy atom. The molecule has 6 heteroatoms. The second-order valence-corrected chi connectivity index (χ2v) is 9.19. The van der Waals surface area contributed by atoms with Crippen molar-refractivity contribution in [3.05, 3.63) is 65.7 Å². The Hall–Kier alpha value is -2.86. The summed E-state index contributed by atoms with van der Waals surface area (Å²) < 4.78 is 10.6. The maximum Gasteiger partial charge on any atom is 0.337 e. The van der Waals surface area contributed by atoms with Gasteiger partial charge in [-0.15, -0.1) is 0 Å². The second kappa shape index (κ2) is 9.33. The number of methoxy groups -OCH3 is 1. The molecule has 2 aliphatic rings. The van der Waals surface area contributed by atoms with E-state index in [1.165, 1.54) is 26.4 Å². The molecule has 170 valence electrons. The van der Waals surface area contributed by atoms with E-state index < -0.39 is 5.54 Å². The highest BCUT2D eigenvalue weighted by molar-refractivity contribution is 5.89. The van der Waals surface area contributed by atoms with Crippen molar-refractivity contribution in [1.82, 2.24) is 10.6 Å². The minimum Gasteiger partial charge on any atom is -0.492 e. The fourth-order valence-electron chi connectivity index (χ4n) is 5.04. The monoisotopic (exact) mass is 436 g/mol. The maximum atomic E-state index is 13.4. The Labute approximate surface area is 189 Å². The highest BCUT2D eigenvalue weighted by atomic mass is 16.5. The number of hydrogen-bond donors (Lipinski definition) is 2. The van der Waals surface area contributed by atoms with E-state index in [2.05, 4.69) is 10.6 Å². The molecule has 1 unspecified atom stereocenters. The molecule has 0 saturated heterocycles. The smallest absolute Gasteiger partial charge is 0.337 e. The van der Waals surface area contributed by atoms with Crippen LogP contribution in [0.15, 0.2) is 54.6 Å². The van der Waals surface area contributed by atoms with Gasteiger partial charge in [0.15, 0.2) is 0 Å². The van der Waals surface area contributed by atoms with Gasteiger partial charge < -0.3 is 14.8 Å². The average Bonchev–Trinajstić information content (AvgIpc) is 2.77. The fraction of sp³-hybridized carbons (Fsp3) is 0.462. The molecule has 0 aliphatic heterocycles. The van der Waals surface area contributed by atoms with Crippen LogP contribution in [0, 0.1) is 5.41 Å². The molecule has 2 N–H and O–H groups in total. The Morgan fingerprint density at radius 2 is 1.72 bits per heavy atom. The van der Waals surface area contributed by atoms with Crippen LogP contribution in [0.1, 0.15) is 61.0 Å². The van der Waals surface area contributed by atoms with Gasteiger partial charge in [0.1, 0.15) is 12.4 Å². The minimum atomic E-state index is -0.541. The summed E-state index contributed by atoms with van der Waals surface area (Å²) in [5.74, 6) is 0.509. The van der Waals surface area contributed by atoms with E-state index in [9.17, 15) is 9.59 Å². The standard InChI is InChI=1S/C26H32N2O4/c1-19(20-9-11-21(12-10-20)23(29)31-2)28-24(30)26(17-25(18-26)13-6-14-25)27-15-16-32-22-7-4-3-5-8-22/h3-5,7-12,19,27H,6,13-18H2,1-2H3,(H,28,30). The van der Waals surface area contributed by atoms with Crippen LogP contribution in [0.4, 0.5) is 0 Å². The first-order valence-electron chi connectivity index (χ1n) is 11.4. The molecular formula is C26H32N2O4. The second-order valence-electron chi connectivity index (χ2n) is 9.19. The predicted molar refractivity (Wildman–Crippen MR) is 123 cm³/mol. The third-order valence-corrected chi connectivity index (χ3v) is 6.96. The number of ether oxygens (including phenoxy) is 2. The summed E-state index contributed by atoms with van der Waals surface area (Å²) in [5, 5.41) is 6.70. The van der Waals surface area contributed by atoms with Crippen molar-refractivity contribution in [1.29, 1.82) is 0 Å². The first-order valence-corrected chi connectivity index (χ1v) is 11.4. The van der Waals surface area contributed by atoms with Crippen molar-refractivity contribution in [2.75, 3.05) is 20.3 Å². The van der Waals surface area contributed by atoms with Crippen LogP contribution in [0.25, 0.3) is 0 Å². The summed E-state index contributed by atoms with van der Waals surface area (Å²) in [6, 6.07) is 16.7. The van der Waals surface area contributed by atoms with Crippen LogP contribution in [0.2, 0.25) is 0 Å². The van der Waals surface area contributed by atoms with Crippen LogP contribution in [0.5, 0.6) is 5.75 Å². The zero-order valence-corrected chi connectivity index (χ0v) is 18.9. The number of benzene rings is 2. The van der Waals surface area contributed by atoms with Gasteiger partial charge >= 0.3 is 5.97 Å². The number of hydrogen-bond acceptors (Lipinski definition) is 5. The van der Waals surface area contributed by atoms with Crippen LogP contribution >= 0.6 is 0 Å². The summed E-state index contributed by atoms with van der Waals surface area (Å²) in [6.07, 6.45) is 5.46. The maximum absolute atomic E-state index is 13.4. The van der Waals surface area contributed by atoms with E-state index in [4.69, 9.17) is 9.47 Å². The Bertz CT molecular complexity index is 930. The van der Waals surface area contributed by atoms with Crippen LogP contribution in [0.3, 0.4) is 0 Å². The molecule has 0 aromatic heterocycles. The molecule has 32 heavy (non-hydrogen) atoms. The predicted octanol–water partition coefficient (Wildman–Crippen LogP) is 4.02. The molecule has 0 heterocycles. The Morgan fingerprint density at radius 1 is 1.03 bits per heavy atom. The molecule has 2 saturated carbocycles. The normalized spacial score (nSPS) is 18.7. The van der Waals surface area contributed by atoms with Gasteiger partial charge in [0.05, 0.1) is 24.3 Å². The summed E-state index contributed by atoms with van der Waals surface area (Å²) in [7, 11) is 1.37. The Kier molecular flexibility index (Phi) is 6.51. The van der Waals surface area contributed by atoms with Crippen molar-refractivity contribution in [2.45, 2.75) is 50.6 Å². The number of amides is 1. The van der Waals surface area contributed by atoms with Crippen molar-refractivity contribution < 1.29 is 19.1 Å². The van der Waals surface area contributed by atoms with E-state index in [0.29, 0.717) is 24.1 Å². The third-order valence-electron chi connectivity index (χ3n) is 6.96. The highest BCUT2D eigenvalue weighted by Crippen LogP contribution is 2.60. The summed E-state index contributed by atoms with van der Waals surface area (Å²) in [6.45, 7) is 3.09. The van der Waals surface area contributed by atoms with Crippen LogP contribution < -0.4 is 15.4 Å². The lowest BCUT2D eigenvalue weighted by atomic mass is 9.48. The lowest BCUT2D eigenvalue weighted by Crippen LogP contribution is -2.69. The van der Waals surface area contributed by atoms with Gasteiger partial charge in [-0.05, 0) is 67.9 Å². The average molecular weight is 437 g/mol. The number of carbonyl (C=O) groups excluding carboxylic acids is 2. The lowest BCUT2D eigenvalue weighted by molar-refractivity contribution is -0.145. The topological polar surface area (TPSA) is 76.7 Å². The molecule has 4 rings (SSSR count). The molecule has 2 aromatic rings. The number of nitrogens with one attached hydrogen (secondary N) is 2. The molecule has 6 nitrogen and oxygen atoms in total. The fourth-order valence-corrected chi connectivity index (χ4v) is 5.04. The van der Waals surface area contributed by atoms with E-state index in [1.807, 2.05) is 49.4 Å². The molecule has 2 aromatic carbocycles. The summed E-state index contributed by atoms with van der Waals surface area (Å²) >= 11 is 0. The molecule has 2 aliphatic carbocycles. The van der Waals surface area contributed by atoms with Crippen LogP contribution in [-0.4, -0.2) is 37.7 Å². The number of carbonyl (C=O) groups is 2.